The lowest BCUT2D eigenvalue weighted by atomic mass is 9.98. The standard InChI is InChI=1S/C24H29BrN2O4/c1-29-11-12-30-21-7-8-23(25)19(14-21)13-18-9-10-26(15-18)16-22-17-27(24(28)31-22)20-5-3-2-4-6-20/h2-8,14,18,22H,9-13,15-17H2,1H3. The van der Waals surface area contributed by atoms with Crippen molar-refractivity contribution in [2.75, 3.05) is 51.4 Å². The van der Waals surface area contributed by atoms with Gasteiger partial charge in [0.1, 0.15) is 18.5 Å². The number of anilines is 1. The van der Waals surface area contributed by atoms with Gasteiger partial charge in [0.05, 0.1) is 13.2 Å². The molecule has 2 aliphatic heterocycles. The number of cyclic esters (lactones) is 1. The number of halogens is 1. The Bertz CT molecular complexity index is 879. The van der Waals surface area contributed by atoms with Crippen LogP contribution in [0.15, 0.2) is 53.0 Å². The summed E-state index contributed by atoms with van der Waals surface area (Å²) >= 11 is 3.68. The first-order valence-corrected chi connectivity index (χ1v) is 11.6. The first-order valence-electron chi connectivity index (χ1n) is 10.8. The Kier molecular flexibility index (Phi) is 7.48. The molecule has 0 aromatic heterocycles. The summed E-state index contributed by atoms with van der Waals surface area (Å²) in [5.41, 5.74) is 2.16. The number of benzene rings is 2. The highest BCUT2D eigenvalue weighted by molar-refractivity contribution is 9.10. The van der Waals surface area contributed by atoms with Crippen molar-refractivity contribution in [1.29, 1.82) is 0 Å². The van der Waals surface area contributed by atoms with E-state index in [1.165, 1.54) is 5.56 Å². The average molecular weight is 489 g/mol. The van der Waals surface area contributed by atoms with E-state index in [4.69, 9.17) is 14.2 Å². The molecular weight excluding hydrogens is 460 g/mol. The number of nitrogens with zero attached hydrogens (tertiary/aromatic N) is 2. The van der Waals surface area contributed by atoms with Gasteiger partial charge >= 0.3 is 6.09 Å². The maximum Gasteiger partial charge on any atom is 0.414 e. The van der Waals surface area contributed by atoms with Gasteiger partial charge in [0.25, 0.3) is 0 Å². The van der Waals surface area contributed by atoms with Gasteiger partial charge in [0.2, 0.25) is 0 Å². The second-order valence-electron chi connectivity index (χ2n) is 8.16. The van der Waals surface area contributed by atoms with Crippen LogP contribution in [0.2, 0.25) is 0 Å². The number of likely N-dealkylation sites (tertiary alicyclic amines) is 1. The molecule has 166 valence electrons. The summed E-state index contributed by atoms with van der Waals surface area (Å²) < 4.78 is 17.6. The Morgan fingerprint density at radius 2 is 1.97 bits per heavy atom. The fourth-order valence-electron chi connectivity index (χ4n) is 4.32. The topological polar surface area (TPSA) is 51.2 Å². The van der Waals surface area contributed by atoms with Gasteiger partial charge in [-0.1, -0.05) is 34.1 Å². The minimum Gasteiger partial charge on any atom is -0.491 e. The van der Waals surface area contributed by atoms with Crippen LogP contribution in [0.1, 0.15) is 12.0 Å². The van der Waals surface area contributed by atoms with E-state index in [9.17, 15) is 4.79 Å². The number of amides is 1. The fourth-order valence-corrected chi connectivity index (χ4v) is 4.73. The number of carbonyl (C=O) groups is 1. The van der Waals surface area contributed by atoms with Crippen LogP contribution in [0.5, 0.6) is 5.75 Å². The van der Waals surface area contributed by atoms with Crippen LogP contribution in [0.25, 0.3) is 0 Å². The summed E-state index contributed by atoms with van der Waals surface area (Å²) in [5, 5.41) is 0. The van der Waals surface area contributed by atoms with Gasteiger partial charge in [-0.25, -0.2) is 4.79 Å². The molecule has 31 heavy (non-hydrogen) atoms. The number of para-hydroxylation sites is 1. The Morgan fingerprint density at radius 1 is 1.13 bits per heavy atom. The Hall–Kier alpha value is -2.09. The number of ether oxygens (including phenoxy) is 3. The molecule has 2 fully saturated rings. The van der Waals surface area contributed by atoms with Crippen LogP contribution in [0, 0.1) is 5.92 Å². The van der Waals surface area contributed by atoms with Crippen molar-refractivity contribution in [3.05, 3.63) is 58.6 Å². The summed E-state index contributed by atoms with van der Waals surface area (Å²) in [5.74, 6) is 1.46. The molecule has 6 nitrogen and oxygen atoms in total. The van der Waals surface area contributed by atoms with E-state index in [0.717, 1.165) is 48.4 Å². The van der Waals surface area contributed by atoms with Gasteiger partial charge in [-0.2, -0.15) is 0 Å². The maximum absolute atomic E-state index is 12.3. The summed E-state index contributed by atoms with van der Waals surface area (Å²) in [6.07, 6.45) is 1.81. The average Bonchev–Trinajstić information content (AvgIpc) is 3.37. The molecule has 0 aliphatic carbocycles. The Labute approximate surface area is 192 Å². The molecule has 7 heteroatoms. The normalized spacial score (nSPS) is 21.5. The molecular formula is C24H29BrN2O4. The van der Waals surface area contributed by atoms with Crippen LogP contribution < -0.4 is 9.64 Å². The minimum absolute atomic E-state index is 0.0873. The van der Waals surface area contributed by atoms with Crippen LogP contribution in [0.3, 0.4) is 0 Å². The van der Waals surface area contributed by atoms with Gasteiger partial charge in [0, 0.05) is 30.4 Å². The molecule has 2 atom stereocenters. The highest BCUT2D eigenvalue weighted by Crippen LogP contribution is 2.29. The monoisotopic (exact) mass is 488 g/mol. The smallest absolute Gasteiger partial charge is 0.414 e. The fraction of sp³-hybridized carbons (Fsp3) is 0.458. The summed E-state index contributed by atoms with van der Waals surface area (Å²) in [7, 11) is 1.67. The van der Waals surface area contributed by atoms with Gasteiger partial charge in [-0.3, -0.25) is 9.80 Å². The number of rotatable bonds is 9. The minimum atomic E-state index is -0.249. The Balaban J connectivity index is 1.28. The summed E-state index contributed by atoms with van der Waals surface area (Å²) in [4.78, 5) is 16.4. The van der Waals surface area contributed by atoms with Crippen molar-refractivity contribution in [1.82, 2.24) is 4.90 Å². The molecule has 0 spiro atoms. The zero-order chi connectivity index (χ0) is 21.6. The van der Waals surface area contributed by atoms with Crippen molar-refractivity contribution in [3.8, 4) is 5.75 Å². The van der Waals surface area contributed by atoms with Crippen molar-refractivity contribution < 1.29 is 19.0 Å². The van der Waals surface area contributed by atoms with Crippen LogP contribution >= 0.6 is 15.9 Å². The van der Waals surface area contributed by atoms with Gasteiger partial charge in [0.15, 0.2) is 0 Å². The van der Waals surface area contributed by atoms with E-state index >= 15 is 0 Å². The van der Waals surface area contributed by atoms with E-state index < -0.39 is 0 Å². The van der Waals surface area contributed by atoms with Gasteiger partial charge < -0.3 is 14.2 Å². The third kappa shape index (κ3) is 5.79. The third-order valence-corrected chi connectivity index (χ3v) is 6.63. The molecule has 2 aliphatic rings. The zero-order valence-electron chi connectivity index (χ0n) is 17.8. The summed E-state index contributed by atoms with van der Waals surface area (Å²) in [6, 6.07) is 15.9. The predicted octanol–water partition coefficient (Wildman–Crippen LogP) is 4.36. The molecule has 4 rings (SSSR count). The van der Waals surface area contributed by atoms with Crippen molar-refractivity contribution >= 4 is 27.7 Å². The molecule has 1 amide bonds. The van der Waals surface area contributed by atoms with Crippen molar-refractivity contribution in [2.24, 2.45) is 5.92 Å². The van der Waals surface area contributed by atoms with E-state index in [1.54, 1.807) is 12.0 Å². The number of methoxy groups -OCH3 is 1. The van der Waals surface area contributed by atoms with E-state index in [-0.39, 0.29) is 12.2 Å². The van der Waals surface area contributed by atoms with Crippen molar-refractivity contribution in [2.45, 2.75) is 18.9 Å². The van der Waals surface area contributed by atoms with Crippen LogP contribution in [-0.4, -0.2) is 63.6 Å². The highest BCUT2D eigenvalue weighted by Gasteiger charge is 2.35. The lowest BCUT2D eigenvalue weighted by molar-refractivity contribution is 0.115. The van der Waals surface area contributed by atoms with Crippen molar-refractivity contribution in [3.63, 3.8) is 0 Å². The highest BCUT2D eigenvalue weighted by atomic mass is 79.9. The first-order chi connectivity index (χ1) is 15.1. The Morgan fingerprint density at radius 3 is 2.77 bits per heavy atom. The second kappa shape index (κ2) is 10.5. The number of hydrogen-bond acceptors (Lipinski definition) is 5. The third-order valence-electron chi connectivity index (χ3n) is 5.86. The molecule has 2 unspecified atom stereocenters. The maximum atomic E-state index is 12.3. The predicted molar refractivity (Wildman–Crippen MR) is 124 cm³/mol. The first kappa shape index (κ1) is 22.1. The van der Waals surface area contributed by atoms with Gasteiger partial charge in [-0.15, -0.1) is 0 Å². The second-order valence-corrected chi connectivity index (χ2v) is 9.02. The van der Waals surface area contributed by atoms with E-state index in [1.807, 2.05) is 36.4 Å². The molecule has 0 radical (unpaired) electrons. The molecule has 2 aromatic rings. The number of carbonyl (C=O) groups excluding carboxylic acids is 1. The van der Waals surface area contributed by atoms with Crippen LogP contribution in [0.4, 0.5) is 10.5 Å². The molecule has 2 aromatic carbocycles. The van der Waals surface area contributed by atoms with E-state index in [2.05, 4.69) is 33.0 Å². The molecule has 2 heterocycles. The molecule has 0 bridgehead atoms. The quantitative estimate of drug-likeness (QED) is 0.490. The molecule has 0 saturated carbocycles. The zero-order valence-corrected chi connectivity index (χ0v) is 19.4. The lowest BCUT2D eigenvalue weighted by Crippen LogP contribution is -2.33. The van der Waals surface area contributed by atoms with Gasteiger partial charge in [-0.05, 0) is 61.2 Å². The number of hydrogen-bond donors (Lipinski definition) is 0. The van der Waals surface area contributed by atoms with E-state index in [0.29, 0.717) is 25.7 Å². The largest absolute Gasteiger partial charge is 0.491 e. The molecule has 0 N–H and O–H groups in total. The van der Waals surface area contributed by atoms with Crippen LogP contribution in [-0.2, 0) is 15.9 Å². The summed E-state index contributed by atoms with van der Waals surface area (Å²) in [6.45, 7) is 4.57. The SMILES string of the molecule is COCCOc1ccc(Br)c(CC2CCN(CC3CN(c4ccccc4)C(=O)O3)C2)c1. The lowest BCUT2D eigenvalue weighted by Gasteiger charge is -2.19. The molecule has 2 saturated heterocycles.